The predicted molar refractivity (Wildman–Crippen MR) is 102 cm³/mol. The molecule has 0 unspecified atom stereocenters. The lowest BCUT2D eigenvalue weighted by atomic mass is 9.96. The Morgan fingerprint density at radius 2 is 1.88 bits per heavy atom. The van der Waals surface area contributed by atoms with Gasteiger partial charge in [0.25, 0.3) is 0 Å². The molecular weight excluding hydrogens is 338 g/mol. The van der Waals surface area contributed by atoms with Crippen LogP contribution in [0, 0.1) is 13.8 Å². The summed E-state index contributed by atoms with van der Waals surface area (Å²) in [6.07, 6.45) is 6.77. The number of carbonyl (C=O) groups excluding carboxylic acids is 1. The third-order valence-electron chi connectivity index (χ3n) is 4.57. The number of hydrogen-bond donors (Lipinski definition) is 2. The number of anilines is 1. The minimum atomic E-state index is -3.42. The number of nitrogens with zero attached hydrogens (tertiary/aromatic N) is 1. The Bertz CT molecular complexity index is 698. The molecule has 0 spiro atoms. The van der Waals surface area contributed by atoms with Crippen LogP contribution in [0.15, 0.2) is 18.2 Å². The molecule has 0 bridgehead atoms. The number of aryl methyl sites for hydroxylation is 2. The van der Waals surface area contributed by atoms with Crippen LogP contribution in [0.5, 0.6) is 0 Å². The summed E-state index contributed by atoms with van der Waals surface area (Å²) in [6.45, 7) is 4.29. The van der Waals surface area contributed by atoms with Crippen molar-refractivity contribution in [2.75, 3.05) is 23.7 Å². The van der Waals surface area contributed by atoms with E-state index in [1.54, 1.807) is 0 Å². The van der Waals surface area contributed by atoms with Gasteiger partial charge in [0, 0.05) is 12.6 Å². The largest absolute Gasteiger partial charge is 0.336 e. The first-order valence-corrected chi connectivity index (χ1v) is 10.7. The maximum absolute atomic E-state index is 12.2. The zero-order chi connectivity index (χ0) is 18.4. The van der Waals surface area contributed by atoms with Crippen molar-refractivity contribution in [3.8, 4) is 0 Å². The molecule has 1 aromatic rings. The standard InChI is InChI=1S/C18H29N3O3S/c1-14-9-10-15(2)17(13-14)21(25(3,23)24)12-11-19-18(22)20-16-7-5-4-6-8-16/h9-10,13,16H,4-8,11-12H2,1-3H3,(H2,19,20,22). The van der Waals surface area contributed by atoms with E-state index in [4.69, 9.17) is 0 Å². The molecule has 1 saturated carbocycles. The Morgan fingerprint density at radius 3 is 2.52 bits per heavy atom. The summed E-state index contributed by atoms with van der Waals surface area (Å²) >= 11 is 0. The van der Waals surface area contributed by atoms with Crippen molar-refractivity contribution in [1.82, 2.24) is 10.6 Å². The molecule has 7 heteroatoms. The van der Waals surface area contributed by atoms with Crippen LogP contribution in [0.2, 0.25) is 0 Å². The molecule has 2 rings (SSSR count). The Labute approximate surface area is 151 Å². The molecule has 2 N–H and O–H groups in total. The third-order valence-corrected chi connectivity index (χ3v) is 5.75. The van der Waals surface area contributed by atoms with Crippen LogP contribution >= 0.6 is 0 Å². The van der Waals surface area contributed by atoms with Gasteiger partial charge in [0.1, 0.15) is 0 Å². The molecule has 2 amide bonds. The fraction of sp³-hybridized carbons (Fsp3) is 0.611. The fourth-order valence-corrected chi connectivity index (χ4v) is 4.18. The molecule has 6 nitrogen and oxygen atoms in total. The number of carbonyl (C=O) groups is 1. The first-order chi connectivity index (χ1) is 11.8. The van der Waals surface area contributed by atoms with Crippen LogP contribution in [0.3, 0.4) is 0 Å². The van der Waals surface area contributed by atoms with E-state index in [2.05, 4.69) is 10.6 Å². The van der Waals surface area contributed by atoms with Gasteiger partial charge in [-0.25, -0.2) is 13.2 Å². The van der Waals surface area contributed by atoms with Crippen molar-refractivity contribution in [2.45, 2.75) is 52.0 Å². The third kappa shape index (κ3) is 5.92. The lowest BCUT2D eigenvalue weighted by Crippen LogP contribution is -2.46. The van der Waals surface area contributed by atoms with Crippen molar-refractivity contribution in [3.63, 3.8) is 0 Å². The average molecular weight is 368 g/mol. The molecule has 0 saturated heterocycles. The highest BCUT2D eigenvalue weighted by Crippen LogP contribution is 2.23. The first kappa shape index (κ1) is 19.6. The van der Waals surface area contributed by atoms with E-state index < -0.39 is 10.0 Å². The van der Waals surface area contributed by atoms with Crippen LogP contribution < -0.4 is 14.9 Å². The first-order valence-electron chi connectivity index (χ1n) is 8.86. The second kappa shape index (κ2) is 8.56. The maximum atomic E-state index is 12.2. The van der Waals surface area contributed by atoms with Crippen LogP contribution in [-0.4, -0.2) is 39.8 Å². The summed E-state index contributed by atoms with van der Waals surface area (Å²) in [4.78, 5) is 12.0. The van der Waals surface area contributed by atoms with Gasteiger partial charge in [-0.1, -0.05) is 31.4 Å². The molecule has 140 valence electrons. The van der Waals surface area contributed by atoms with E-state index in [0.29, 0.717) is 5.69 Å². The summed E-state index contributed by atoms with van der Waals surface area (Å²) in [6, 6.07) is 5.74. The number of urea groups is 1. The van der Waals surface area contributed by atoms with E-state index >= 15 is 0 Å². The SMILES string of the molecule is Cc1ccc(C)c(N(CCNC(=O)NC2CCCCC2)S(C)(=O)=O)c1. The minimum Gasteiger partial charge on any atom is -0.336 e. The Hall–Kier alpha value is -1.76. The van der Waals surface area contributed by atoms with E-state index in [-0.39, 0.29) is 25.2 Å². The number of nitrogens with one attached hydrogen (secondary N) is 2. The summed E-state index contributed by atoms with van der Waals surface area (Å²) in [7, 11) is -3.42. The Morgan fingerprint density at radius 1 is 1.20 bits per heavy atom. The van der Waals surface area contributed by atoms with Crippen molar-refractivity contribution in [2.24, 2.45) is 0 Å². The smallest absolute Gasteiger partial charge is 0.315 e. The second-order valence-electron chi connectivity index (χ2n) is 6.86. The summed E-state index contributed by atoms with van der Waals surface area (Å²) in [5.74, 6) is 0. The molecule has 1 aromatic carbocycles. The number of sulfonamides is 1. The number of hydrogen-bond acceptors (Lipinski definition) is 3. The van der Waals surface area contributed by atoms with Crippen molar-refractivity contribution < 1.29 is 13.2 Å². The molecule has 1 aliphatic rings. The quantitative estimate of drug-likeness (QED) is 0.811. The highest BCUT2D eigenvalue weighted by Gasteiger charge is 2.20. The van der Waals surface area contributed by atoms with E-state index in [9.17, 15) is 13.2 Å². The molecule has 0 heterocycles. The Kier molecular flexibility index (Phi) is 6.70. The Balaban J connectivity index is 1.94. The van der Waals surface area contributed by atoms with Gasteiger partial charge in [0.2, 0.25) is 10.0 Å². The van der Waals surface area contributed by atoms with Gasteiger partial charge >= 0.3 is 6.03 Å². The lowest BCUT2D eigenvalue weighted by molar-refractivity contribution is 0.233. The van der Waals surface area contributed by atoms with E-state index in [0.717, 1.165) is 36.8 Å². The van der Waals surface area contributed by atoms with Crippen molar-refractivity contribution >= 4 is 21.7 Å². The second-order valence-corrected chi connectivity index (χ2v) is 8.77. The minimum absolute atomic E-state index is 0.210. The van der Waals surface area contributed by atoms with Crippen LogP contribution in [0.1, 0.15) is 43.2 Å². The van der Waals surface area contributed by atoms with Gasteiger partial charge in [-0.2, -0.15) is 0 Å². The summed E-state index contributed by atoms with van der Waals surface area (Å²) < 4.78 is 25.7. The molecule has 1 fully saturated rings. The number of amides is 2. The molecule has 1 aliphatic carbocycles. The van der Waals surface area contributed by atoms with Gasteiger partial charge in [-0.05, 0) is 43.9 Å². The normalized spacial score (nSPS) is 15.6. The molecule has 0 aromatic heterocycles. The van der Waals surface area contributed by atoms with E-state index in [1.807, 2.05) is 32.0 Å². The zero-order valence-electron chi connectivity index (χ0n) is 15.3. The van der Waals surface area contributed by atoms with Gasteiger partial charge < -0.3 is 10.6 Å². The van der Waals surface area contributed by atoms with E-state index in [1.165, 1.54) is 17.0 Å². The monoisotopic (exact) mass is 367 g/mol. The van der Waals surface area contributed by atoms with Gasteiger partial charge in [-0.15, -0.1) is 0 Å². The van der Waals surface area contributed by atoms with Crippen molar-refractivity contribution in [1.29, 1.82) is 0 Å². The summed E-state index contributed by atoms with van der Waals surface area (Å²) in [5, 5.41) is 5.75. The summed E-state index contributed by atoms with van der Waals surface area (Å²) in [5.41, 5.74) is 2.55. The average Bonchev–Trinajstić information content (AvgIpc) is 2.54. The number of rotatable bonds is 6. The van der Waals surface area contributed by atoms with Crippen LogP contribution in [0.25, 0.3) is 0 Å². The maximum Gasteiger partial charge on any atom is 0.315 e. The predicted octanol–water partition coefficient (Wildman–Crippen LogP) is 2.70. The van der Waals surface area contributed by atoms with Gasteiger partial charge in [-0.3, -0.25) is 4.31 Å². The molecule has 0 atom stereocenters. The zero-order valence-corrected chi connectivity index (χ0v) is 16.2. The fourth-order valence-electron chi connectivity index (χ4n) is 3.21. The van der Waals surface area contributed by atoms with Gasteiger partial charge in [0.05, 0.1) is 18.5 Å². The van der Waals surface area contributed by atoms with Crippen molar-refractivity contribution in [3.05, 3.63) is 29.3 Å². The molecule has 0 aliphatic heterocycles. The highest BCUT2D eigenvalue weighted by molar-refractivity contribution is 7.92. The highest BCUT2D eigenvalue weighted by atomic mass is 32.2. The number of benzene rings is 1. The molecule has 0 radical (unpaired) electrons. The molecule has 25 heavy (non-hydrogen) atoms. The van der Waals surface area contributed by atoms with Crippen LogP contribution in [0.4, 0.5) is 10.5 Å². The topological polar surface area (TPSA) is 78.5 Å². The van der Waals surface area contributed by atoms with Gasteiger partial charge in [0.15, 0.2) is 0 Å². The van der Waals surface area contributed by atoms with Crippen LogP contribution in [-0.2, 0) is 10.0 Å². The lowest BCUT2D eigenvalue weighted by Gasteiger charge is -2.26. The molecular formula is C18H29N3O3S.